The molecule has 1 aromatic heterocycles. The lowest BCUT2D eigenvalue weighted by Gasteiger charge is -2.15. The molecule has 30 heavy (non-hydrogen) atoms. The number of nitrogens with zero attached hydrogens (tertiary/aromatic N) is 2. The Bertz CT molecular complexity index is 1090. The average molecular weight is 484 g/mol. The maximum atomic E-state index is 12.0. The van der Waals surface area contributed by atoms with Gasteiger partial charge >= 0.3 is 0 Å². The Balaban J connectivity index is 1.75. The van der Waals surface area contributed by atoms with Crippen LogP contribution in [0.25, 0.3) is 0 Å². The van der Waals surface area contributed by atoms with Crippen LogP contribution in [0.5, 0.6) is 11.5 Å². The maximum Gasteiger partial charge on any atom is 0.281 e. The van der Waals surface area contributed by atoms with E-state index in [0.717, 1.165) is 11.1 Å². The highest BCUT2D eigenvalue weighted by molar-refractivity contribution is 9.10. The molecule has 1 N–H and O–H groups in total. The lowest BCUT2D eigenvalue weighted by atomic mass is 10.1. The molecule has 1 heterocycles. The molecule has 3 rings (SSSR count). The Kier molecular flexibility index (Phi) is 7.60. The second kappa shape index (κ2) is 10.6. The van der Waals surface area contributed by atoms with Gasteiger partial charge in [0, 0.05) is 5.56 Å². The van der Waals surface area contributed by atoms with Gasteiger partial charge in [-0.05, 0) is 58.1 Å². The van der Waals surface area contributed by atoms with Gasteiger partial charge in [-0.3, -0.25) is 4.79 Å². The summed E-state index contributed by atoms with van der Waals surface area (Å²) in [6.07, 6.45) is 1.54. The van der Waals surface area contributed by atoms with Crippen molar-refractivity contribution in [3.8, 4) is 17.6 Å². The SMILES string of the molecule is CCOc1cc(/C=N\NC(=O)c2cccs2)cc(Br)c1OCc1ccccc1C#N. The number of hydrazone groups is 1. The van der Waals surface area contributed by atoms with Crippen LogP contribution in [0.2, 0.25) is 0 Å². The van der Waals surface area contributed by atoms with Gasteiger partial charge < -0.3 is 9.47 Å². The van der Waals surface area contributed by atoms with Gasteiger partial charge in [-0.1, -0.05) is 24.3 Å². The predicted molar refractivity (Wildman–Crippen MR) is 120 cm³/mol. The summed E-state index contributed by atoms with van der Waals surface area (Å²) in [6, 6.07) is 16.6. The summed E-state index contributed by atoms with van der Waals surface area (Å²) in [5.41, 5.74) is 4.58. The van der Waals surface area contributed by atoms with Crippen LogP contribution in [0.3, 0.4) is 0 Å². The zero-order chi connectivity index (χ0) is 21.3. The van der Waals surface area contributed by atoms with Crippen LogP contribution < -0.4 is 14.9 Å². The highest BCUT2D eigenvalue weighted by atomic mass is 79.9. The summed E-state index contributed by atoms with van der Waals surface area (Å²) in [5, 5.41) is 15.1. The maximum absolute atomic E-state index is 12.0. The van der Waals surface area contributed by atoms with Crippen molar-refractivity contribution in [2.45, 2.75) is 13.5 Å². The van der Waals surface area contributed by atoms with E-state index < -0.39 is 0 Å². The quantitative estimate of drug-likeness (QED) is 0.355. The zero-order valence-electron chi connectivity index (χ0n) is 16.1. The number of carbonyl (C=O) groups excluding carboxylic acids is 1. The van der Waals surface area contributed by atoms with Crippen LogP contribution in [0, 0.1) is 11.3 Å². The monoisotopic (exact) mass is 483 g/mol. The molecule has 0 saturated heterocycles. The average Bonchev–Trinajstić information content (AvgIpc) is 3.29. The molecule has 0 atom stereocenters. The van der Waals surface area contributed by atoms with E-state index in [1.54, 1.807) is 18.2 Å². The van der Waals surface area contributed by atoms with Crippen molar-refractivity contribution in [2.75, 3.05) is 6.61 Å². The number of amides is 1. The van der Waals surface area contributed by atoms with Crippen molar-refractivity contribution in [3.63, 3.8) is 0 Å². The fourth-order valence-corrected chi connectivity index (χ4v) is 3.79. The highest BCUT2D eigenvalue weighted by Crippen LogP contribution is 2.37. The van der Waals surface area contributed by atoms with Crippen LogP contribution in [0.15, 0.2) is 63.5 Å². The number of hydrogen-bond donors (Lipinski definition) is 1. The van der Waals surface area contributed by atoms with E-state index in [-0.39, 0.29) is 12.5 Å². The number of nitriles is 1. The standard InChI is InChI=1S/C22H18BrN3O3S/c1-2-28-19-11-15(13-25-26-22(27)20-8-5-9-30-20)10-18(23)21(19)29-14-17-7-4-3-6-16(17)12-24/h3-11,13H,2,14H2,1H3,(H,26,27)/b25-13-. The normalized spacial score (nSPS) is 10.6. The van der Waals surface area contributed by atoms with Crippen molar-refractivity contribution in [2.24, 2.45) is 5.10 Å². The van der Waals surface area contributed by atoms with Crippen molar-refractivity contribution < 1.29 is 14.3 Å². The van der Waals surface area contributed by atoms with Crippen LogP contribution in [0.1, 0.15) is 33.3 Å². The van der Waals surface area contributed by atoms with Gasteiger partial charge in [0.1, 0.15) is 6.61 Å². The van der Waals surface area contributed by atoms with E-state index in [4.69, 9.17) is 9.47 Å². The minimum Gasteiger partial charge on any atom is -0.490 e. The first-order chi connectivity index (χ1) is 14.6. The molecule has 3 aromatic rings. The third-order valence-electron chi connectivity index (χ3n) is 3.97. The molecule has 6 nitrogen and oxygen atoms in total. The third-order valence-corrected chi connectivity index (χ3v) is 5.42. The molecule has 0 spiro atoms. The number of ether oxygens (including phenoxy) is 2. The van der Waals surface area contributed by atoms with Crippen molar-refractivity contribution >= 4 is 39.4 Å². The smallest absolute Gasteiger partial charge is 0.281 e. The van der Waals surface area contributed by atoms with Gasteiger partial charge in [0.15, 0.2) is 11.5 Å². The van der Waals surface area contributed by atoms with Crippen molar-refractivity contribution in [3.05, 3.63) is 80.0 Å². The molecule has 0 unspecified atom stereocenters. The molecular formula is C22H18BrN3O3S. The largest absolute Gasteiger partial charge is 0.490 e. The summed E-state index contributed by atoms with van der Waals surface area (Å²) >= 11 is 4.86. The van der Waals surface area contributed by atoms with Gasteiger partial charge in [-0.2, -0.15) is 10.4 Å². The predicted octanol–water partition coefficient (Wildman–Crippen LogP) is 5.12. The van der Waals surface area contributed by atoms with Gasteiger partial charge in [-0.25, -0.2) is 5.43 Å². The number of thiophene rings is 1. The minimum atomic E-state index is -0.263. The highest BCUT2D eigenvalue weighted by Gasteiger charge is 2.13. The molecule has 0 bridgehead atoms. The Labute approximate surface area is 186 Å². The fourth-order valence-electron chi connectivity index (χ4n) is 2.60. The Morgan fingerprint density at radius 3 is 2.83 bits per heavy atom. The molecule has 8 heteroatoms. The number of benzene rings is 2. The second-order valence-corrected chi connectivity index (χ2v) is 7.80. The van der Waals surface area contributed by atoms with Crippen LogP contribution in [-0.4, -0.2) is 18.7 Å². The molecule has 0 aliphatic rings. The van der Waals surface area contributed by atoms with Gasteiger partial charge in [-0.15, -0.1) is 11.3 Å². The van der Waals surface area contributed by atoms with E-state index in [9.17, 15) is 10.1 Å². The molecule has 1 amide bonds. The van der Waals surface area contributed by atoms with E-state index in [1.807, 2.05) is 42.6 Å². The Hall–Kier alpha value is -3.15. The molecular weight excluding hydrogens is 466 g/mol. The van der Waals surface area contributed by atoms with Crippen LogP contribution in [0.4, 0.5) is 0 Å². The fraction of sp³-hybridized carbons (Fsp3) is 0.136. The lowest BCUT2D eigenvalue weighted by Crippen LogP contribution is -2.16. The Morgan fingerprint density at radius 2 is 2.10 bits per heavy atom. The number of carbonyl (C=O) groups is 1. The van der Waals surface area contributed by atoms with E-state index in [2.05, 4.69) is 32.5 Å². The summed E-state index contributed by atoms with van der Waals surface area (Å²) in [4.78, 5) is 12.6. The third kappa shape index (κ3) is 5.47. The van der Waals surface area contributed by atoms with Gasteiger partial charge in [0.2, 0.25) is 0 Å². The lowest BCUT2D eigenvalue weighted by molar-refractivity contribution is 0.0959. The number of halogens is 1. The van der Waals surface area contributed by atoms with Crippen LogP contribution in [-0.2, 0) is 6.61 Å². The summed E-state index contributed by atoms with van der Waals surface area (Å²) in [5.74, 6) is 0.804. The summed E-state index contributed by atoms with van der Waals surface area (Å²) in [7, 11) is 0. The molecule has 0 fully saturated rings. The number of rotatable bonds is 8. The topological polar surface area (TPSA) is 83.7 Å². The molecule has 2 aromatic carbocycles. The van der Waals surface area contributed by atoms with Gasteiger partial charge in [0.05, 0.1) is 33.8 Å². The van der Waals surface area contributed by atoms with Crippen LogP contribution >= 0.6 is 27.3 Å². The van der Waals surface area contributed by atoms with Crippen molar-refractivity contribution in [1.29, 1.82) is 5.26 Å². The molecule has 0 radical (unpaired) electrons. The van der Waals surface area contributed by atoms with Crippen molar-refractivity contribution in [1.82, 2.24) is 5.43 Å². The van der Waals surface area contributed by atoms with E-state index in [0.29, 0.717) is 33.0 Å². The molecule has 0 saturated carbocycles. The zero-order valence-corrected chi connectivity index (χ0v) is 18.5. The first kappa shape index (κ1) is 21.6. The molecule has 0 aliphatic carbocycles. The first-order valence-corrected chi connectivity index (χ1v) is 10.7. The summed E-state index contributed by atoms with van der Waals surface area (Å²) < 4.78 is 12.4. The number of nitrogens with one attached hydrogen (secondary N) is 1. The van der Waals surface area contributed by atoms with E-state index >= 15 is 0 Å². The molecule has 152 valence electrons. The second-order valence-electron chi connectivity index (χ2n) is 6.00. The first-order valence-electron chi connectivity index (χ1n) is 9.06. The van der Waals surface area contributed by atoms with E-state index in [1.165, 1.54) is 17.6 Å². The number of hydrogen-bond acceptors (Lipinski definition) is 6. The van der Waals surface area contributed by atoms with Gasteiger partial charge in [0.25, 0.3) is 5.91 Å². The Morgan fingerprint density at radius 1 is 1.27 bits per heavy atom. The summed E-state index contributed by atoms with van der Waals surface area (Å²) in [6.45, 7) is 2.56. The minimum absolute atomic E-state index is 0.229. The molecule has 0 aliphatic heterocycles.